The molecule has 3 atom stereocenters. The highest BCUT2D eigenvalue weighted by Gasteiger charge is 2.45. The maximum absolute atomic E-state index is 11.2. The number of carbonyl (C=O) groups is 2. The molecular formula is C8H11NO3. The SMILES string of the molecule is O=C1NC[C@H]2C[C@H]1[C@H](C(=O)O)C2. The van der Waals surface area contributed by atoms with Crippen LogP contribution < -0.4 is 5.32 Å². The minimum Gasteiger partial charge on any atom is -0.481 e. The summed E-state index contributed by atoms with van der Waals surface area (Å²) in [6.45, 7) is 0.666. The average molecular weight is 169 g/mol. The molecule has 0 aromatic rings. The Hall–Kier alpha value is -1.06. The Morgan fingerprint density at radius 2 is 2.25 bits per heavy atom. The number of nitrogens with one attached hydrogen (secondary N) is 1. The lowest BCUT2D eigenvalue weighted by Crippen LogP contribution is -2.39. The molecule has 0 aromatic heterocycles. The Morgan fingerprint density at radius 3 is 2.92 bits per heavy atom. The van der Waals surface area contributed by atoms with E-state index >= 15 is 0 Å². The highest BCUT2D eigenvalue weighted by molar-refractivity contribution is 5.86. The van der Waals surface area contributed by atoms with Crippen molar-refractivity contribution in [1.82, 2.24) is 5.32 Å². The van der Waals surface area contributed by atoms with E-state index in [0.29, 0.717) is 18.9 Å². The van der Waals surface area contributed by atoms with Gasteiger partial charge in [-0.2, -0.15) is 0 Å². The van der Waals surface area contributed by atoms with Crippen LogP contribution in [0, 0.1) is 17.8 Å². The predicted molar refractivity (Wildman–Crippen MR) is 40.3 cm³/mol. The van der Waals surface area contributed by atoms with Crippen molar-refractivity contribution < 1.29 is 14.7 Å². The second kappa shape index (κ2) is 2.47. The summed E-state index contributed by atoms with van der Waals surface area (Å²) in [6, 6.07) is 0. The number of rotatable bonds is 1. The van der Waals surface area contributed by atoms with Crippen molar-refractivity contribution in [2.45, 2.75) is 12.8 Å². The number of carboxylic acid groups (broad SMARTS) is 1. The van der Waals surface area contributed by atoms with E-state index in [1.807, 2.05) is 0 Å². The highest BCUT2D eigenvalue weighted by Crippen LogP contribution is 2.38. The molecule has 2 bridgehead atoms. The van der Waals surface area contributed by atoms with Gasteiger partial charge in [0.1, 0.15) is 0 Å². The van der Waals surface area contributed by atoms with Gasteiger partial charge in [-0.25, -0.2) is 0 Å². The predicted octanol–water partition coefficient (Wildman–Crippen LogP) is -0.157. The molecule has 2 aliphatic rings. The van der Waals surface area contributed by atoms with Crippen LogP contribution in [0.15, 0.2) is 0 Å². The molecule has 4 heteroatoms. The first-order valence-electron chi connectivity index (χ1n) is 4.19. The van der Waals surface area contributed by atoms with E-state index in [9.17, 15) is 9.59 Å². The van der Waals surface area contributed by atoms with Gasteiger partial charge >= 0.3 is 5.97 Å². The molecule has 4 nitrogen and oxygen atoms in total. The Labute approximate surface area is 69.9 Å². The Kier molecular flexibility index (Phi) is 1.56. The molecule has 1 aliphatic carbocycles. The molecule has 2 fully saturated rings. The Morgan fingerprint density at radius 1 is 1.50 bits per heavy atom. The first-order valence-corrected chi connectivity index (χ1v) is 4.19. The number of fused-ring (bicyclic) bond motifs is 2. The smallest absolute Gasteiger partial charge is 0.307 e. The summed E-state index contributed by atoms with van der Waals surface area (Å²) < 4.78 is 0. The van der Waals surface area contributed by atoms with Crippen LogP contribution in [0.2, 0.25) is 0 Å². The van der Waals surface area contributed by atoms with Gasteiger partial charge in [0.2, 0.25) is 5.91 Å². The fraction of sp³-hybridized carbons (Fsp3) is 0.750. The molecule has 1 saturated carbocycles. The van der Waals surface area contributed by atoms with Gasteiger partial charge in [0.15, 0.2) is 0 Å². The zero-order valence-corrected chi connectivity index (χ0v) is 6.62. The molecule has 0 aromatic carbocycles. The largest absolute Gasteiger partial charge is 0.481 e. The van der Waals surface area contributed by atoms with E-state index in [4.69, 9.17) is 5.11 Å². The summed E-state index contributed by atoms with van der Waals surface area (Å²) in [7, 11) is 0. The van der Waals surface area contributed by atoms with Gasteiger partial charge < -0.3 is 10.4 Å². The number of amides is 1. The zero-order chi connectivity index (χ0) is 8.72. The van der Waals surface area contributed by atoms with Crippen molar-refractivity contribution in [2.24, 2.45) is 17.8 Å². The lowest BCUT2D eigenvalue weighted by molar-refractivity contribution is -0.145. The van der Waals surface area contributed by atoms with Crippen LogP contribution >= 0.6 is 0 Å². The Bertz CT molecular complexity index is 238. The lowest BCUT2D eigenvalue weighted by atomic mass is 9.95. The summed E-state index contributed by atoms with van der Waals surface area (Å²) in [5.74, 6) is -1.19. The molecule has 1 aliphatic heterocycles. The van der Waals surface area contributed by atoms with Crippen molar-refractivity contribution in [2.75, 3.05) is 6.54 Å². The maximum Gasteiger partial charge on any atom is 0.307 e. The van der Waals surface area contributed by atoms with Gasteiger partial charge in [0.25, 0.3) is 0 Å². The second-order valence-corrected chi connectivity index (χ2v) is 3.63. The first-order chi connectivity index (χ1) is 5.68. The van der Waals surface area contributed by atoms with E-state index < -0.39 is 11.9 Å². The lowest BCUT2D eigenvalue weighted by Gasteiger charge is -2.19. The fourth-order valence-corrected chi connectivity index (χ4v) is 2.25. The molecular weight excluding hydrogens is 158 g/mol. The normalized spacial score (nSPS) is 39.3. The third kappa shape index (κ3) is 0.983. The van der Waals surface area contributed by atoms with Crippen LogP contribution in [0.1, 0.15) is 12.8 Å². The summed E-state index contributed by atoms with van der Waals surface area (Å²) >= 11 is 0. The van der Waals surface area contributed by atoms with E-state index in [0.717, 1.165) is 6.42 Å². The zero-order valence-electron chi connectivity index (χ0n) is 6.62. The third-order valence-electron chi connectivity index (χ3n) is 2.88. The maximum atomic E-state index is 11.2. The van der Waals surface area contributed by atoms with E-state index in [1.54, 1.807) is 0 Å². The topological polar surface area (TPSA) is 66.4 Å². The molecule has 1 saturated heterocycles. The van der Waals surface area contributed by atoms with Gasteiger partial charge in [0, 0.05) is 6.54 Å². The van der Waals surface area contributed by atoms with Crippen LogP contribution in [0.25, 0.3) is 0 Å². The van der Waals surface area contributed by atoms with Gasteiger partial charge in [-0.05, 0) is 18.8 Å². The van der Waals surface area contributed by atoms with Gasteiger partial charge in [0.05, 0.1) is 11.8 Å². The molecule has 66 valence electrons. The van der Waals surface area contributed by atoms with Crippen LogP contribution in [0.5, 0.6) is 0 Å². The first kappa shape index (κ1) is 7.58. The van der Waals surface area contributed by atoms with E-state index in [-0.39, 0.29) is 11.8 Å². The number of aliphatic carboxylic acids is 1. The van der Waals surface area contributed by atoms with Crippen molar-refractivity contribution in [3.8, 4) is 0 Å². The van der Waals surface area contributed by atoms with Crippen LogP contribution in [-0.4, -0.2) is 23.5 Å². The minimum absolute atomic E-state index is 0.0730. The van der Waals surface area contributed by atoms with Crippen molar-refractivity contribution >= 4 is 11.9 Å². The van der Waals surface area contributed by atoms with Gasteiger partial charge in [-0.1, -0.05) is 0 Å². The molecule has 0 spiro atoms. The molecule has 2 N–H and O–H groups in total. The van der Waals surface area contributed by atoms with Crippen LogP contribution in [-0.2, 0) is 9.59 Å². The number of piperidine rings is 1. The van der Waals surface area contributed by atoms with Crippen LogP contribution in [0.4, 0.5) is 0 Å². The molecule has 0 unspecified atom stereocenters. The molecule has 2 rings (SSSR count). The van der Waals surface area contributed by atoms with Crippen molar-refractivity contribution in [1.29, 1.82) is 0 Å². The van der Waals surface area contributed by atoms with E-state index in [2.05, 4.69) is 5.32 Å². The summed E-state index contributed by atoms with van der Waals surface area (Å²) in [5, 5.41) is 11.5. The van der Waals surface area contributed by atoms with E-state index in [1.165, 1.54) is 0 Å². The second-order valence-electron chi connectivity index (χ2n) is 3.63. The number of hydrogen-bond acceptors (Lipinski definition) is 2. The average Bonchev–Trinajstić information content (AvgIpc) is 2.37. The highest BCUT2D eigenvalue weighted by atomic mass is 16.4. The van der Waals surface area contributed by atoms with Gasteiger partial charge in [-0.3, -0.25) is 9.59 Å². The molecule has 1 amide bonds. The monoisotopic (exact) mass is 169 g/mol. The van der Waals surface area contributed by atoms with Crippen molar-refractivity contribution in [3.63, 3.8) is 0 Å². The summed E-state index contributed by atoms with van der Waals surface area (Å²) in [4.78, 5) is 21.9. The quantitative estimate of drug-likeness (QED) is 0.573. The van der Waals surface area contributed by atoms with Crippen LogP contribution in [0.3, 0.4) is 0 Å². The Balaban J connectivity index is 2.19. The fourth-order valence-electron chi connectivity index (χ4n) is 2.25. The third-order valence-corrected chi connectivity index (χ3v) is 2.88. The van der Waals surface area contributed by atoms with Crippen molar-refractivity contribution in [3.05, 3.63) is 0 Å². The molecule has 1 heterocycles. The summed E-state index contributed by atoms with van der Waals surface area (Å²) in [5.41, 5.74) is 0. The standard InChI is InChI=1S/C8H11NO3/c10-7-5-1-4(3-9-7)2-6(5)8(11)12/h4-6H,1-3H2,(H,9,10)(H,11,12)/t4-,5-,6+/m0/s1. The number of carboxylic acids is 1. The molecule has 0 radical (unpaired) electrons. The number of hydrogen-bond donors (Lipinski definition) is 2. The summed E-state index contributed by atoms with van der Waals surface area (Å²) in [6.07, 6.45) is 1.43. The van der Waals surface area contributed by atoms with Gasteiger partial charge in [-0.15, -0.1) is 0 Å². The molecule has 12 heavy (non-hydrogen) atoms. The number of carbonyl (C=O) groups excluding carboxylic acids is 1. The minimum atomic E-state index is -0.820.